The molecule has 0 radical (unpaired) electrons. The molecule has 4 nitrogen and oxygen atoms in total. The number of hydrogen-bond donors (Lipinski definition) is 2. The Bertz CT molecular complexity index is 446. The fourth-order valence-electron chi connectivity index (χ4n) is 1.07. The van der Waals surface area contributed by atoms with Crippen molar-refractivity contribution < 1.29 is 9.90 Å². The molecule has 0 saturated carbocycles. The smallest absolute Gasteiger partial charge is 0.356 e. The Balaban J connectivity index is 2.52. The topological polar surface area (TPSA) is 62.2 Å². The average Bonchev–Trinajstić information content (AvgIpc) is 2.30. The summed E-state index contributed by atoms with van der Waals surface area (Å²) in [5, 5.41) is 12.0. The van der Waals surface area contributed by atoms with E-state index < -0.39 is 5.97 Å². The predicted octanol–water partition coefficient (Wildman–Crippen LogP) is 2.21. The molecule has 1 rings (SSSR count). The molecule has 1 aromatic rings. The molecule has 1 heterocycles. The van der Waals surface area contributed by atoms with Crippen LogP contribution in [0.3, 0.4) is 0 Å². The number of carboxylic acids is 1. The number of nitrogens with one attached hydrogen (secondary N) is 1. The molecule has 0 atom stereocenters. The standard InChI is InChI=1S/C11H11ClN2O2S/c1-2-6-17-7-5-13-9-4-3-8(12)10(14-9)11(15)16/h1,3-4H,5-7H2,(H,13,14)(H,15,16). The maximum Gasteiger partial charge on any atom is 0.356 e. The van der Waals surface area contributed by atoms with Crippen LogP contribution in [0.15, 0.2) is 12.1 Å². The van der Waals surface area contributed by atoms with Crippen LogP contribution in [0, 0.1) is 12.3 Å². The molecule has 0 spiro atoms. The number of aromatic nitrogens is 1. The van der Waals surface area contributed by atoms with Crippen LogP contribution in [0.2, 0.25) is 5.02 Å². The molecule has 0 unspecified atom stereocenters. The summed E-state index contributed by atoms with van der Waals surface area (Å²) < 4.78 is 0. The quantitative estimate of drug-likeness (QED) is 0.613. The van der Waals surface area contributed by atoms with Gasteiger partial charge in [0, 0.05) is 12.3 Å². The van der Waals surface area contributed by atoms with Crippen molar-refractivity contribution in [3.63, 3.8) is 0 Å². The number of rotatable bonds is 6. The van der Waals surface area contributed by atoms with Crippen molar-refractivity contribution in [3.05, 3.63) is 22.8 Å². The highest BCUT2D eigenvalue weighted by Crippen LogP contribution is 2.16. The van der Waals surface area contributed by atoms with E-state index in [2.05, 4.69) is 16.2 Å². The largest absolute Gasteiger partial charge is 0.476 e. The van der Waals surface area contributed by atoms with Gasteiger partial charge in [-0.25, -0.2) is 9.78 Å². The molecular weight excluding hydrogens is 260 g/mol. The molecule has 0 saturated heterocycles. The lowest BCUT2D eigenvalue weighted by Gasteiger charge is -2.06. The number of thioether (sulfide) groups is 1. The lowest BCUT2D eigenvalue weighted by molar-refractivity contribution is 0.0691. The van der Waals surface area contributed by atoms with Crippen LogP contribution in [0.1, 0.15) is 10.5 Å². The lowest BCUT2D eigenvalue weighted by Crippen LogP contribution is -2.09. The van der Waals surface area contributed by atoms with Crippen molar-refractivity contribution in [3.8, 4) is 12.3 Å². The second-order valence-electron chi connectivity index (χ2n) is 3.02. The van der Waals surface area contributed by atoms with Gasteiger partial charge in [0.1, 0.15) is 5.82 Å². The number of anilines is 1. The normalized spacial score (nSPS) is 9.65. The van der Waals surface area contributed by atoms with Crippen molar-refractivity contribution in [1.82, 2.24) is 4.98 Å². The molecule has 0 bridgehead atoms. The van der Waals surface area contributed by atoms with Gasteiger partial charge in [-0.2, -0.15) is 0 Å². The lowest BCUT2D eigenvalue weighted by atomic mass is 10.3. The molecule has 0 fully saturated rings. The first-order valence-corrected chi connectivity index (χ1v) is 6.33. The molecule has 2 N–H and O–H groups in total. The Labute approximate surface area is 109 Å². The fraction of sp³-hybridized carbons (Fsp3) is 0.273. The minimum Gasteiger partial charge on any atom is -0.476 e. The molecular formula is C11H11ClN2O2S. The monoisotopic (exact) mass is 270 g/mol. The zero-order valence-corrected chi connectivity index (χ0v) is 10.5. The Morgan fingerprint density at radius 1 is 1.65 bits per heavy atom. The Kier molecular flexibility index (Phi) is 5.67. The summed E-state index contributed by atoms with van der Waals surface area (Å²) in [7, 11) is 0. The third kappa shape index (κ3) is 4.55. The maximum atomic E-state index is 10.8. The first-order chi connectivity index (χ1) is 8.15. The second kappa shape index (κ2) is 7.05. The SMILES string of the molecule is C#CCSCCNc1ccc(Cl)c(C(=O)O)n1. The Morgan fingerprint density at radius 2 is 2.41 bits per heavy atom. The van der Waals surface area contributed by atoms with Crippen LogP contribution >= 0.6 is 23.4 Å². The Morgan fingerprint density at radius 3 is 3.06 bits per heavy atom. The van der Waals surface area contributed by atoms with Crippen molar-refractivity contribution in [2.24, 2.45) is 0 Å². The highest BCUT2D eigenvalue weighted by Gasteiger charge is 2.10. The van der Waals surface area contributed by atoms with Crippen LogP contribution in [0.5, 0.6) is 0 Å². The summed E-state index contributed by atoms with van der Waals surface area (Å²) >= 11 is 7.31. The number of nitrogens with zero attached hydrogens (tertiary/aromatic N) is 1. The maximum absolute atomic E-state index is 10.8. The van der Waals surface area contributed by atoms with Crippen molar-refractivity contribution in [2.75, 3.05) is 23.4 Å². The van der Waals surface area contributed by atoms with Gasteiger partial charge in [0.15, 0.2) is 5.69 Å². The van der Waals surface area contributed by atoms with Crippen LogP contribution in [-0.2, 0) is 0 Å². The molecule has 0 aliphatic heterocycles. The highest BCUT2D eigenvalue weighted by atomic mass is 35.5. The van der Waals surface area contributed by atoms with Gasteiger partial charge >= 0.3 is 5.97 Å². The molecule has 0 aliphatic rings. The number of hydrogen-bond acceptors (Lipinski definition) is 4. The molecule has 0 aromatic carbocycles. The summed E-state index contributed by atoms with van der Waals surface area (Å²) in [5.41, 5.74) is -0.145. The first-order valence-electron chi connectivity index (χ1n) is 4.80. The third-order valence-electron chi connectivity index (χ3n) is 1.79. The molecule has 1 aromatic heterocycles. The minimum absolute atomic E-state index is 0.129. The first kappa shape index (κ1) is 13.7. The third-order valence-corrected chi connectivity index (χ3v) is 2.96. The highest BCUT2D eigenvalue weighted by molar-refractivity contribution is 7.99. The van der Waals surface area contributed by atoms with Gasteiger partial charge in [-0.1, -0.05) is 17.5 Å². The van der Waals surface area contributed by atoms with E-state index in [1.54, 1.807) is 17.8 Å². The van der Waals surface area contributed by atoms with E-state index in [1.807, 2.05) is 0 Å². The minimum atomic E-state index is -1.14. The van der Waals surface area contributed by atoms with Crippen LogP contribution < -0.4 is 5.32 Å². The number of carboxylic acid groups (broad SMARTS) is 1. The number of halogens is 1. The van der Waals surface area contributed by atoms with E-state index >= 15 is 0 Å². The molecule has 90 valence electrons. The second-order valence-corrected chi connectivity index (χ2v) is 4.53. The van der Waals surface area contributed by atoms with Gasteiger partial charge in [-0.05, 0) is 12.1 Å². The van der Waals surface area contributed by atoms with Gasteiger partial charge < -0.3 is 10.4 Å². The van der Waals surface area contributed by atoms with Crippen molar-refractivity contribution in [1.29, 1.82) is 0 Å². The molecule has 0 aliphatic carbocycles. The fourth-order valence-corrected chi connectivity index (χ4v) is 1.77. The zero-order chi connectivity index (χ0) is 12.7. The van der Waals surface area contributed by atoms with E-state index in [-0.39, 0.29) is 10.7 Å². The van der Waals surface area contributed by atoms with Crippen molar-refractivity contribution in [2.45, 2.75) is 0 Å². The van der Waals surface area contributed by atoms with Crippen molar-refractivity contribution >= 4 is 35.1 Å². The number of pyridine rings is 1. The summed E-state index contributed by atoms with van der Waals surface area (Å²) in [6, 6.07) is 3.15. The summed E-state index contributed by atoms with van der Waals surface area (Å²) in [6.45, 7) is 0.667. The van der Waals surface area contributed by atoms with E-state index in [4.69, 9.17) is 23.1 Å². The Hall–Kier alpha value is -1.38. The van der Waals surface area contributed by atoms with E-state index in [0.29, 0.717) is 18.1 Å². The van der Waals surface area contributed by atoms with Gasteiger partial charge in [0.25, 0.3) is 0 Å². The number of carbonyl (C=O) groups is 1. The predicted molar refractivity (Wildman–Crippen MR) is 70.9 cm³/mol. The van der Waals surface area contributed by atoms with Crippen LogP contribution in [0.25, 0.3) is 0 Å². The van der Waals surface area contributed by atoms with Gasteiger partial charge in [0.05, 0.1) is 10.8 Å². The van der Waals surface area contributed by atoms with Gasteiger partial charge in [-0.15, -0.1) is 18.2 Å². The van der Waals surface area contributed by atoms with E-state index in [1.165, 1.54) is 6.07 Å². The average molecular weight is 271 g/mol. The molecule has 6 heteroatoms. The summed E-state index contributed by atoms with van der Waals surface area (Å²) in [4.78, 5) is 14.7. The van der Waals surface area contributed by atoms with Gasteiger partial charge in [0.2, 0.25) is 0 Å². The number of aromatic carboxylic acids is 1. The van der Waals surface area contributed by atoms with E-state index in [9.17, 15) is 4.79 Å². The summed E-state index contributed by atoms with van der Waals surface area (Å²) in [5.74, 6) is 3.37. The van der Waals surface area contributed by atoms with Crippen LogP contribution in [0.4, 0.5) is 5.82 Å². The van der Waals surface area contributed by atoms with Gasteiger partial charge in [-0.3, -0.25) is 0 Å². The van der Waals surface area contributed by atoms with E-state index in [0.717, 1.165) is 5.75 Å². The zero-order valence-electron chi connectivity index (χ0n) is 8.94. The molecule has 17 heavy (non-hydrogen) atoms. The summed E-state index contributed by atoms with van der Waals surface area (Å²) in [6.07, 6.45) is 5.11. The number of terminal acetylenes is 1. The van der Waals surface area contributed by atoms with Crippen LogP contribution in [-0.4, -0.2) is 34.1 Å². The molecule has 0 amide bonds.